The maximum Gasteiger partial charge on any atom is 0.261 e. The van der Waals surface area contributed by atoms with Gasteiger partial charge in [0.25, 0.3) is 23.6 Å². The molecule has 0 aromatic heterocycles. The molecule has 1 atom stereocenters. The highest BCUT2D eigenvalue weighted by atomic mass is 16.2. The SMILES string of the molecule is CC#Cc1cc2c3c(ccc4c5c(C)cc6c7c(ccc(c1c34)c75)C(=O)N(CC(C)C)C6=O)C(=O)N(CC(C)N)C2=O. The number of imide groups is 2. The van der Waals surface area contributed by atoms with Gasteiger partial charge in [0.15, 0.2) is 0 Å². The van der Waals surface area contributed by atoms with Gasteiger partial charge in [-0.2, -0.15) is 0 Å². The maximum atomic E-state index is 13.8. The van der Waals surface area contributed by atoms with E-state index in [4.69, 9.17) is 5.73 Å². The predicted molar refractivity (Wildman–Crippen MR) is 164 cm³/mol. The van der Waals surface area contributed by atoms with Crippen LogP contribution in [-0.4, -0.2) is 52.6 Å². The smallest absolute Gasteiger partial charge is 0.261 e. The van der Waals surface area contributed by atoms with Crippen molar-refractivity contribution < 1.29 is 19.2 Å². The average molecular weight is 556 g/mol. The molecule has 0 bridgehead atoms. The van der Waals surface area contributed by atoms with Crippen molar-refractivity contribution in [2.45, 2.75) is 40.7 Å². The van der Waals surface area contributed by atoms with Gasteiger partial charge in [-0.25, -0.2) is 0 Å². The fourth-order valence-electron chi connectivity index (χ4n) is 6.99. The molecular formula is C35H29N3O4. The molecule has 7 nitrogen and oxygen atoms in total. The molecule has 2 aliphatic rings. The number of aryl methyl sites for hydroxylation is 1. The average Bonchev–Trinajstić information content (AvgIpc) is 2.94. The molecule has 5 aromatic carbocycles. The Hall–Kier alpha value is -4.80. The number of hydrogen-bond donors (Lipinski definition) is 1. The fraction of sp³-hybridized carbons (Fsp3) is 0.257. The number of amides is 4. The van der Waals surface area contributed by atoms with Gasteiger partial charge in [0.05, 0.1) is 0 Å². The van der Waals surface area contributed by atoms with Gasteiger partial charge in [0, 0.05) is 68.5 Å². The van der Waals surface area contributed by atoms with Crippen LogP contribution < -0.4 is 5.73 Å². The van der Waals surface area contributed by atoms with Gasteiger partial charge in [-0.15, -0.1) is 5.92 Å². The van der Waals surface area contributed by atoms with E-state index < -0.39 is 0 Å². The number of nitrogens with two attached hydrogens (primary N) is 1. The van der Waals surface area contributed by atoms with Crippen LogP contribution in [0.2, 0.25) is 0 Å². The first-order valence-corrected chi connectivity index (χ1v) is 14.2. The molecule has 0 fully saturated rings. The predicted octanol–water partition coefficient (Wildman–Crippen LogP) is 5.61. The summed E-state index contributed by atoms with van der Waals surface area (Å²) in [6.45, 7) is 9.89. The Morgan fingerprint density at radius 1 is 0.667 bits per heavy atom. The number of hydrogen-bond acceptors (Lipinski definition) is 5. The largest absolute Gasteiger partial charge is 0.326 e. The zero-order valence-corrected chi connectivity index (χ0v) is 24.1. The first-order valence-electron chi connectivity index (χ1n) is 14.2. The standard InChI is InChI=1S/C35H29N3O4/c1-6-7-19-13-25-29-23(33(40)38(35(25)42)15-18(5)36)10-8-20-26-17(4)12-24-28-22(32(39)37(34(24)41)14-16(2)3)11-9-21(30(26)28)27(19)31(20)29/h8-13,16,18H,14-15,36H2,1-5H3. The van der Waals surface area contributed by atoms with E-state index in [1.807, 2.05) is 39.0 Å². The van der Waals surface area contributed by atoms with Crippen LogP contribution in [0, 0.1) is 24.7 Å². The van der Waals surface area contributed by atoms with Crippen molar-refractivity contribution in [2.75, 3.05) is 13.1 Å². The molecule has 2 N–H and O–H groups in total. The van der Waals surface area contributed by atoms with Gasteiger partial charge in [0.2, 0.25) is 0 Å². The van der Waals surface area contributed by atoms with Crippen LogP contribution in [-0.2, 0) is 0 Å². The van der Waals surface area contributed by atoms with Crippen LogP contribution in [0.4, 0.5) is 0 Å². The summed E-state index contributed by atoms with van der Waals surface area (Å²) in [5.74, 6) is 4.99. The molecule has 2 aliphatic heterocycles. The molecule has 7 rings (SSSR count). The number of benzene rings is 5. The van der Waals surface area contributed by atoms with E-state index in [1.54, 1.807) is 32.0 Å². The third-order valence-corrected chi connectivity index (χ3v) is 8.48. The van der Waals surface area contributed by atoms with Crippen molar-refractivity contribution in [2.24, 2.45) is 11.7 Å². The van der Waals surface area contributed by atoms with E-state index in [9.17, 15) is 19.2 Å². The Kier molecular flexibility index (Phi) is 5.50. The van der Waals surface area contributed by atoms with E-state index >= 15 is 0 Å². The van der Waals surface area contributed by atoms with E-state index in [-0.39, 0.29) is 42.1 Å². The van der Waals surface area contributed by atoms with Crippen molar-refractivity contribution in [3.63, 3.8) is 0 Å². The van der Waals surface area contributed by atoms with Crippen molar-refractivity contribution in [3.8, 4) is 11.8 Å². The molecule has 7 heteroatoms. The van der Waals surface area contributed by atoms with Crippen LogP contribution in [0.15, 0.2) is 36.4 Å². The molecule has 1 unspecified atom stereocenters. The van der Waals surface area contributed by atoms with Gasteiger partial charge in [0.1, 0.15) is 0 Å². The Morgan fingerprint density at radius 3 is 1.71 bits per heavy atom. The first kappa shape index (κ1) is 26.1. The highest BCUT2D eigenvalue weighted by Crippen LogP contribution is 2.48. The Labute approximate surface area is 242 Å². The van der Waals surface area contributed by atoms with Gasteiger partial charge < -0.3 is 5.73 Å². The lowest BCUT2D eigenvalue weighted by atomic mass is 9.79. The highest BCUT2D eigenvalue weighted by Gasteiger charge is 2.38. The first-order chi connectivity index (χ1) is 20.0. The van der Waals surface area contributed by atoms with E-state index in [1.165, 1.54) is 9.80 Å². The second-order valence-corrected chi connectivity index (χ2v) is 12.0. The van der Waals surface area contributed by atoms with Crippen molar-refractivity contribution >= 4 is 66.7 Å². The molecule has 0 aliphatic carbocycles. The molecule has 4 amide bonds. The number of carbonyl (C=O) groups excluding carboxylic acids is 4. The summed E-state index contributed by atoms with van der Waals surface area (Å²) in [4.78, 5) is 57.4. The quantitative estimate of drug-likeness (QED) is 0.134. The number of carbonyl (C=O) groups is 4. The monoisotopic (exact) mass is 555 g/mol. The molecule has 0 radical (unpaired) electrons. The number of rotatable bonds is 4. The van der Waals surface area contributed by atoms with E-state index in [2.05, 4.69) is 11.8 Å². The normalized spacial score (nSPS) is 15.6. The lowest BCUT2D eigenvalue weighted by molar-refractivity contribution is 0.0582. The lowest BCUT2D eigenvalue weighted by Crippen LogP contribution is -2.45. The van der Waals surface area contributed by atoms with Gasteiger partial charge in [-0.1, -0.05) is 31.9 Å². The summed E-state index contributed by atoms with van der Waals surface area (Å²) in [5, 5.41) is 6.26. The summed E-state index contributed by atoms with van der Waals surface area (Å²) < 4.78 is 0. The third-order valence-electron chi connectivity index (χ3n) is 8.48. The van der Waals surface area contributed by atoms with Crippen LogP contribution >= 0.6 is 0 Å². The Morgan fingerprint density at radius 2 is 1.17 bits per heavy atom. The van der Waals surface area contributed by atoms with Crippen LogP contribution in [0.25, 0.3) is 43.1 Å². The lowest BCUT2D eigenvalue weighted by Gasteiger charge is -2.31. The van der Waals surface area contributed by atoms with Crippen LogP contribution in [0.3, 0.4) is 0 Å². The van der Waals surface area contributed by atoms with Crippen LogP contribution in [0.1, 0.15) is 80.3 Å². The minimum Gasteiger partial charge on any atom is -0.326 e. The van der Waals surface area contributed by atoms with Crippen molar-refractivity contribution in [3.05, 3.63) is 69.8 Å². The number of nitrogens with zero attached hydrogens (tertiary/aromatic N) is 2. The zero-order chi connectivity index (χ0) is 29.8. The van der Waals surface area contributed by atoms with E-state index in [0.29, 0.717) is 45.1 Å². The molecule has 5 aromatic rings. The zero-order valence-electron chi connectivity index (χ0n) is 24.1. The van der Waals surface area contributed by atoms with Gasteiger partial charge in [-0.05, 0) is 78.1 Å². The fourth-order valence-corrected chi connectivity index (χ4v) is 6.99. The van der Waals surface area contributed by atoms with Crippen LogP contribution in [0.5, 0.6) is 0 Å². The second-order valence-electron chi connectivity index (χ2n) is 12.0. The Bertz CT molecular complexity index is 2160. The molecule has 0 saturated carbocycles. The third kappa shape index (κ3) is 3.27. The summed E-state index contributed by atoms with van der Waals surface area (Å²) in [7, 11) is 0. The minimum absolute atomic E-state index is 0.111. The number of fused-ring (bicyclic) bond motifs is 2. The van der Waals surface area contributed by atoms with Crippen molar-refractivity contribution in [1.82, 2.24) is 9.80 Å². The molecular weight excluding hydrogens is 526 g/mol. The van der Waals surface area contributed by atoms with E-state index in [0.717, 1.165) is 37.9 Å². The molecule has 208 valence electrons. The molecule has 0 spiro atoms. The van der Waals surface area contributed by atoms with Gasteiger partial charge >= 0.3 is 0 Å². The summed E-state index contributed by atoms with van der Waals surface area (Å²) >= 11 is 0. The summed E-state index contributed by atoms with van der Waals surface area (Å²) in [6, 6.07) is 10.7. The molecule has 0 saturated heterocycles. The second kappa shape index (κ2) is 8.85. The molecule has 2 heterocycles. The van der Waals surface area contributed by atoms with Gasteiger partial charge in [-0.3, -0.25) is 29.0 Å². The minimum atomic E-state index is -0.387. The van der Waals surface area contributed by atoms with Crippen molar-refractivity contribution in [1.29, 1.82) is 0 Å². The summed E-state index contributed by atoms with van der Waals surface area (Å²) in [5.41, 5.74) is 9.42. The topological polar surface area (TPSA) is 101 Å². The molecule has 42 heavy (non-hydrogen) atoms. The highest BCUT2D eigenvalue weighted by molar-refractivity contribution is 6.42. The Balaban J connectivity index is 1.68. The maximum absolute atomic E-state index is 13.8. The summed E-state index contributed by atoms with van der Waals surface area (Å²) in [6.07, 6.45) is 0.